The lowest BCUT2D eigenvalue weighted by molar-refractivity contribution is 0.205. The molecule has 0 atom stereocenters. The largest absolute Gasteiger partial charge is 0.496 e. The second-order valence-electron chi connectivity index (χ2n) is 8.37. The van der Waals surface area contributed by atoms with Crippen molar-refractivity contribution in [2.24, 2.45) is 0 Å². The van der Waals surface area contributed by atoms with Crippen molar-refractivity contribution in [3.63, 3.8) is 0 Å². The van der Waals surface area contributed by atoms with E-state index in [1.807, 2.05) is 36.4 Å². The van der Waals surface area contributed by atoms with Gasteiger partial charge in [0.05, 0.1) is 24.9 Å². The molecule has 0 unspecified atom stereocenters. The standard InChI is InChI=1S/C26H33N3O3/c1-3-9-24-27-22-10-7-11-23(31-2)25(22)26(30)29(24)20-12-14-21(15-13-20)32-19-8-18-28-16-5-4-6-17-28/h7,10-15H,3-6,8-9,16-19H2,1-2H3. The first-order valence-electron chi connectivity index (χ1n) is 11.8. The maximum atomic E-state index is 13.5. The number of benzene rings is 2. The summed E-state index contributed by atoms with van der Waals surface area (Å²) in [6.07, 6.45) is 6.64. The number of aryl methyl sites for hydroxylation is 1. The molecule has 1 aliphatic rings. The fraction of sp³-hybridized carbons (Fsp3) is 0.462. The number of rotatable bonds is 9. The Hall–Kier alpha value is -2.86. The molecule has 0 spiro atoms. The fourth-order valence-corrected chi connectivity index (χ4v) is 4.43. The number of nitrogens with zero attached hydrogens (tertiary/aromatic N) is 3. The minimum atomic E-state index is -0.105. The Morgan fingerprint density at radius 2 is 1.81 bits per heavy atom. The molecular weight excluding hydrogens is 402 g/mol. The number of aromatic nitrogens is 2. The molecule has 0 bridgehead atoms. The van der Waals surface area contributed by atoms with Gasteiger partial charge in [0.25, 0.3) is 5.56 Å². The summed E-state index contributed by atoms with van der Waals surface area (Å²) in [6.45, 7) is 6.32. The van der Waals surface area contributed by atoms with E-state index < -0.39 is 0 Å². The molecule has 2 aromatic carbocycles. The van der Waals surface area contributed by atoms with Crippen LogP contribution in [-0.4, -0.2) is 47.8 Å². The van der Waals surface area contributed by atoms with E-state index in [4.69, 9.17) is 14.5 Å². The van der Waals surface area contributed by atoms with Crippen molar-refractivity contribution in [2.45, 2.75) is 45.4 Å². The van der Waals surface area contributed by atoms with Gasteiger partial charge < -0.3 is 14.4 Å². The van der Waals surface area contributed by atoms with Gasteiger partial charge >= 0.3 is 0 Å². The monoisotopic (exact) mass is 435 g/mol. The molecule has 0 radical (unpaired) electrons. The zero-order chi connectivity index (χ0) is 22.3. The van der Waals surface area contributed by atoms with Gasteiger partial charge in [-0.3, -0.25) is 9.36 Å². The molecular formula is C26H33N3O3. The summed E-state index contributed by atoms with van der Waals surface area (Å²) < 4.78 is 13.1. The van der Waals surface area contributed by atoms with E-state index in [2.05, 4.69) is 11.8 Å². The first kappa shape index (κ1) is 22.3. The zero-order valence-corrected chi connectivity index (χ0v) is 19.2. The van der Waals surface area contributed by atoms with Crippen LogP contribution < -0.4 is 15.0 Å². The molecule has 2 heterocycles. The molecule has 32 heavy (non-hydrogen) atoms. The minimum absolute atomic E-state index is 0.105. The number of methoxy groups -OCH3 is 1. The second-order valence-corrected chi connectivity index (χ2v) is 8.37. The lowest BCUT2D eigenvalue weighted by atomic mass is 10.1. The highest BCUT2D eigenvalue weighted by atomic mass is 16.5. The van der Waals surface area contributed by atoms with Crippen molar-refractivity contribution in [3.8, 4) is 17.2 Å². The van der Waals surface area contributed by atoms with Gasteiger partial charge in [0, 0.05) is 13.0 Å². The highest BCUT2D eigenvalue weighted by Crippen LogP contribution is 2.23. The van der Waals surface area contributed by atoms with Crippen LogP contribution in [0.3, 0.4) is 0 Å². The Kier molecular flexibility index (Phi) is 7.43. The predicted molar refractivity (Wildman–Crippen MR) is 128 cm³/mol. The van der Waals surface area contributed by atoms with Gasteiger partial charge in [-0.05, 0) is 75.2 Å². The number of likely N-dealkylation sites (tertiary alicyclic amines) is 1. The van der Waals surface area contributed by atoms with Crippen LogP contribution in [0.4, 0.5) is 0 Å². The maximum Gasteiger partial charge on any atom is 0.269 e. The smallest absolute Gasteiger partial charge is 0.269 e. The molecule has 1 fully saturated rings. The Labute approximate surface area is 189 Å². The van der Waals surface area contributed by atoms with Crippen LogP contribution in [0.1, 0.15) is 44.9 Å². The van der Waals surface area contributed by atoms with Gasteiger partial charge in [-0.1, -0.05) is 19.4 Å². The topological polar surface area (TPSA) is 56.6 Å². The van der Waals surface area contributed by atoms with Gasteiger partial charge in [-0.15, -0.1) is 0 Å². The van der Waals surface area contributed by atoms with E-state index in [1.54, 1.807) is 17.7 Å². The summed E-state index contributed by atoms with van der Waals surface area (Å²) in [5.41, 5.74) is 1.35. The van der Waals surface area contributed by atoms with Crippen molar-refractivity contribution in [1.29, 1.82) is 0 Å². The molecule has 6 nitrogen and oxygen atoms in total. The predicted octanol–water partition coefficient (Wildman–Crippen LogP) is 4.60. The van der Waals surface area contributed by atoms with Crippen LogP contribution in [0.25, 0.3) is 16.6 Å². The zero-order valence-electron chi connectivity index (χ0n) is 19.2. The molecule has 4 rings (SSSR count). The summed E-state index contributed by atoms with van der Waals surface area (Å²) in [5, 5.41) is 0.507. The van der Waals surface area contributed by atoms with E-state index in [0.29, 0.717) is 23.3 Å². The normalized spacial score (nSPS) is 14.6. The van der Waals surface area contributed by atoms with Gasteiger partial charge in [0.1, 0.15) is 22.7 Å². The Bertz CT molecular complexity index is 1090. The number of piperidine rings is 1. The van der Waals surface area contributed by atoms with E-state index in [1.165, 1.54) is 32.4 Å². The second kappa shape index (κ2) is 10.6. The Morgan fingerprint density at radius 3 is 2.53 bits per heavy atom. The fourth-order valence-electron chi connectivity index (χ4n) is 4.43. The van der Waals surface area contributed by atoms with Crippen LogP contribution in [0, 0.1) is 0 Å². The van der Waals surface area contributed by atoms with Crippen LogP contribution in [0.15, 0.2) is 47.3 Å². The van der Waals surface area contributed by atoms with Crippen LogP contribution in [0.2, 0.25) is 0 Å². The quantitative estimate of drug-likeness (QED) is 0.460. The van der Waals surface area contributed by atoms with Crippen molar-refractivity contribution in [1.82, 2.24) is 14.5 Å². The molecule has 0 amide bonds. The number of hydrogen-bond donors (Lipinski definition) is 0. The molecule has 0 saturated carbocycles. The molecule has 0 aliphatic carbocycles. The third kappa shape index (κ3) is 4.96. The third-order valence-electron chi connectivity index (χ3n) is 6.05. The van der Waals surface area contributed by atoms with Gasteiger partial charge in [0.15, 0.2) is 0 Å². The molecule has 6 heteroatoms. The highest BCUT2D eigenvalue weighted by Gasteiger charge is 2.16. The van der Waals surface area contributed by atoms with Crippen LogP contribution in [0.5, 0.6) is 11.5 Å². The molecule has 0 N–H and O–H groups in total. The summed E-state index contributed by atoms with van der Waals surface area (Å²) in [7, 11) is 1.58. The highest BCUT2D eigenvalue weighted by molar-refractivity contribution is 5.84. The van der Waals surface area contributed by atoms with Gasteiger partial charge in [0.2, 0.25) is 0 Å². The third-order valence-corrected chi connectivity index (χ3v) is 6.05. The summed E-state index contributed by atoms with van der Waals surface area (Å²) >= 11 is 0. The van der Waals surface area contributed by atoms with Crippen molar-refractivity contribution >= 4 is 10.9 Å². The van der Waals surface area contributed by atoms with E-state index in [-0.39, 0.29) is 5.56 Å². The molecule has 1 aromatic heterocycles. The van der Waals surface area contributed by atoms with E-state index in [9.17, 15) is 4.79 Å². The maximum absolute atomic E-state index is 13.5. The average Bonchev–Trinajstić information content (AvgIpc) is 2.83. The molecule has 1 aliphatic heterocycles. The lowest BCUT2D eigenvalue weighted by Gasteiger charge is -2.26. The first-order valence-corrected chi connectivity index (χ1v) is 11.8. The van der Waals surface area contributed by atoms with E-state index >= 15 is 0 Å². The number of fused-ring (bicyclic) bond motifs is 1. The van der Waals surface area contributed by atoms with E-state index in [0.717, 1.165) is 43.1 Å². The van der Waals surface area contributed by atoms with Crippen molar-refractivity contribution < 1.29 is 9.47 Å². The number of ether oxygens (including phenoxy) is 2. The minimum Gasteiger partial charge on any atom is -0.496 e. The van der Waals surface area contributed by atoms with Crippen molar-refractivity contribution in [3.05, 3.63) is 58.6 Å². The van der Waals surface area contributed by atoms with Crippen LogP contribution >= 0.6 is 0 Å². The van der Waals surface area contributed by atoms with Crippen molar-refractivity contribution in [2.75, 3.05) is 33.4 Å². The number of hydrogen-bond acceptors (Lipinski definition) is 5. The first-order chi connectivity index (χ1) is 15.7. The summed E-state index contributed by atoms with van der Waals surface area (Å²) in [5.74, 6) is 2.13. The lowest BCUT2D eigenvalue weighted by Crippen LogP contribution is -2.31. The Morgan fingerprint density at radius 1 is 1.03 bits per heavy atom. The molecule has 1 saturated heterocycles. The van der Waals surface area contributed by atoms with Gasteiger partial charge in [-0.25, -0.2) is 4.98 Å². The van der Waals surface area contributed by atoms with Gasteiger partial charge in [-0.2, -0.15) is 0 Å². The molecule has 170 valence electrons. The summed E-state index contributed by atoms with van der Waals surface area (Å²) in [4.78, 5) is 20.8. The SMILES string of the molecule is CCCc1nc2cccc(OC)c2c(=O)n1-c1ccc(OCCCN2CCCCC2)cc1. The molecule has 3 aromatic rings. The average molecular weight is 436 g/mol. The Balaban J connectivity index is 1.52. The summed E-state index contributed by atoms with van der Waals surface area (Å²) in [6, 6.07) is 13.3. The van der Waals surface area contributed by atoms with Crippen LogP contribution in [-0.2, 0) is 6.42 Å².